The van der Waals surface area contributed by atoms with Gasteiger partial charge in [-0.3, -0.25) is 0 Å². The van der Waals surface area contributed by atoms with Crippen molar-refractivity contribution in [3.63, 3.8) is 0 Å². The van der Waals surface area contributed by atoms with Gasteiger partial charge in [0.15, 0.2) is 0 Å². The van der Waals surface area contributed by atoms with Gasteiger partial charge in [-0.2, -0.15) is 0 Å². The maximum Gasteiger partial charge on any atom is 0.0592 e. The molecule has 3 fully saturated rings. The zero-order valence-corrected chi connectivity index (χ0v) is 22.4. The molecule has 34 heavy (non-hydrogen) atoms. The maximum atomic E-state index is 10.3. The van der Waals surface area contributed by atoms with Crippen molar-refractivity contribution in [2.24, 2.45) is 29.1 Å². The van der Waals surface area contributed by atoms with E-state index in [9.17, 15) is 15.3 Å². The Morgan fingerprint density at radius 3 is 2.65 bits per heavy atom. The highest BCUT2D eigenvalue weighted by Gasteiger charge is 2.50. The van der Waals surface area contributed by atoms with Gasteiger partial charge in [-0.05, 0) is 113 Å². The number of hydrogen-bond donors (Lipinski definition) is 3. The van der Waals surface area contributed by atoms with Gasteiger partial charge in [-0.1, -0.05) is 38.2 Å². The lowest BCUT2D eigenvalue weighted by Crippen LogP contribution is -2.37. The Balaban J connectivity index is 1.64. The Labute approximate surface area is 208 Å². The summed E-state index contributed by atoms with van der Waals surface area (Å²) in [7, 11) is 0. The molecule has 4 heteroatoms. The summed E-state index contributed by atoms with van der Waals surface area (Å²) in [6.07, 6.45) is 12.8. The van der Waals surface area contributed by atoms with Gasteiger partial charge in [0.2, 0.25) is 0 Å². The van der Waals surface area contributed by atoms with E-state index in [2.05, 4.69) is 32.6 Å². The van der Waals surface area contributed by atoms with Gasteiger partial charge in [0.1, 0.15) is 0 Å². The summed E-state index contributed by atoms with van der Waals surface area (Å²) in [5.41, 5.74) is 3.37. The SMILES string of the molecule is C=C1/C(=C\C=C2/CCC[C@]3(C)[C@@H]([C@@H](C)COCCCC(C)(C)O)CC[C@@H]23)C[C@H](O)C[C@H]1[C@@H](C)O. The van der Waals surface area contributed by atoms with Crippen LogP contribution in [0.4, 0.5) is 0 Å². The largest absolute Gasteiger partial charge is 0.393 e. The second-order valence-corrected chi connectivity index (χ2v) is 12.5. The van der Waals surface area contributed by atoms with E-state index in [0.717, 1.165) is 43.6 Å². The number of hydrogen-bond acceptors (Lipinski definition) is 4. The summed E-state index contributed by atoms with van der Waals surface area (Å²) >= 11 is 0. The van der Waals surface area contributed by atoms with E-state index in [-0.39, 0.29) is 5.92 Å². The van der Waals surface area contributed by atoms with Crippen LogP contribution in [0.25, 0.3) is 0 Å². The molecule has 3 rings (SSSR count). The number of fused-ring (bicyclic) bond motifs is 1. The zero-order chi connectivity index (χ0) is 25.1. The van der Waals surface area contributed by atoms with E-state index < -0.39 is 17.8 Å². The van der Waals surface area contributed by atoms with Gasteiger partial charge in [0.05, 0.1) is 17.8 Å². The van der Waals surface area contributed by atoms with Crippen molar-refractivity contribution in [2.75, 3.05) is 13.2 Å². The molecule has 194 valence electrons. The summed E-state index contributed by atoms with van der Waals surface area (Å²) in [5, 5.41) is 30.4. The Morgan fingerprint density at radius 2 is 1.97 bits per heavy atom. The van der Waals surface area contributed by atoms with Gasteiger partial charge in [-0.15, -0.1) is 0 Å². The van der Waals surface area contributed by atoms with Crippen LogP contribution in [0.2, 0.25) is 0 Å². The van der Waals surface area contributed by atoms with E-state index in [1.54, 1.807) is 12.5 Å². The van der Waals surface area contributed by atoms with Gasteiger partial charge < -0.3 is 20.1 Å². The van der Waals surface area contributed by atoms with Crippen LogP contribution in [0, 0.1) is 29.1 Å². The molecule has 0 spiro atoms. The average molecular weight is 475 g/mol. The molecule has 0 bridgehead atoms. The van der Waals surface area contributed by atoms with Crippen LogP contribution in [-0.2, 0) is 4.74 Å². The first kappa shape index (κ1) is 27.6. The monoisotopic (exact) mass is 474 g/mol. The van der Waals surface area contributed by atoms with Crippen LogP contribution in [0.1, 0.15) is 92.4 Å². The third-order valence-electron chi connectivity index (χ3n) is 9.11. The molecule has 0 saturated heterocycles. The fourth-order valence-electron chi connectivity index (χ4n) is 7.22. The Hall–Kier alpha value is -0.940. The number of aliphatic hydroxyl groups excluding tert-OH is 2. The van der Waals surface area contributed by atoms with Crippen LogP contribution < -0.4 is 0 Å². The summed E-state index contributed by atoms with van der Waals surface area (Å²) in [5.74, 6) is 1.78. The first-order chi connectivity index (χ1) is 15.9. The highest BCUT2D eigenvalue weighted by atomic mass is 16.5. The number of ether oxygens (including phenoxy) is 1. The lowest BCUT2D eigenvalue weighted by molar-refractivity contribution is 0.0209. The van der Waals surface area contributed by atoms with E-state index in [4.69, 9.17) is 4.74 Å². The summed E-state index contributed by atoms with van der Waals surface area (Å²) in [4.78, 5) is 0. The minimum atomic E-state index is -0.611. The smallest absolute Gasteiger partial charge is 0.0592 e. The number of rotatable bonds is 9. The van der Waals surface area contributed by atoms with E-state index in [0.29, 0.717) is 36.0 Å². The first-order valence-corrected chi connectivity index (χ1v) is 13.7. The quantitative estimate of drug-likeness (QED) is 0.360. The lowest BCUT2D eigenvalue weighted by Gasteiger charge is -2.44. The van der Waals surface area contributed by atoms with Gasteiger partial charge in [-0.25, -0.2) is 0 Å². The molecule has 0 aromatic rings. The summed E-state index contributed by atoms with van der Waals surface area (Å²) < 4.78 is 6.04. The number of aliphatic hydroxyl groups is 3. The van der Waals surface area contributed by atoms with Crippen molar-refractivity contribution in [3.8, 4) is 0 Å². The molecule has 0 unspecified atom stereocenters. The fourth-order valence-corrected chi connectivity index (χ4v) is 7.22. The topological polar surface area (TPSA) is 69.9 Å². The maximum absolute atomic E-state index is 10.3. The Morgan fingerprint density at radius 1 is 1.24 bits per heavy atom. The number of allylic oxidation sites excluding steroid dienone is 3. The van der Waals surface area contributed by atoms with E-state index in [1.807, 2.05) is 13.8 Å². The molecule has 0 amide bonds. The molecule has 0 heterocycles. The summed E-state index contributed by atoms with van der Waals surface area (Å²) in [6.45, 7) is 16.2. The molecule has 3 aliphatic carbocycles. The third kappa shape index (κ3) is 6.63. The second kappa shape index (κ2) is 11.4. The van der Waals surface area contributed by atoms with Gasteiger partial charge >= 0.3 is 0 Å². The third-order valence-corrected chi connectivity index (χ3v) is 9.11. The van der Waals surface area contributed by atoms with E-state index >= 15 is 0 Å². The molecular formula is C30H50O4. The molecule has 3 saturated carbocycles. The molecule has 7 atom stereocenters. The van der Waals surface area contributed by atoms with Crippen molar-refractivity contribution in [1.82, 2.24) is 0 Å². The summed E-state index contributed by atoms with van der Waals surface area (Å²) in [6, 6.07) is 0. The predicted molar refractivity (Wildman–Crippen MR) is 139 cm³/mol. The highest BCUT2D eigenvalue weighted by Crippen LogP contribution is 2.59. The minimum absolute atomic E-state index is 0.0508. The van der Waals surface area contributed by atoms with Crippen LogP contribution in [-0.4, -0.2) is 46.3 Å². The first-order valence-electron chi connectivity index (χ1n) is 13.7. The van der Waals surface area contributed by atoms with Crippen molar-refractivity contribution >= 4 is 0 Å². The van der Waals surface area contributed by atoms with E-state index in [1.165, 1.54) is 25.7 Å². The minimum Gasteiger partial charge on any atom is -0.393 e. The van der Waals surface area contributed by atoms with Crippen molar-refractivity contribution in [2.45, 2.75) is 110 Å². The Kier molecular flexibility index (Phi) is 9.28. The standard InChI is InChI=1S/C30H50O4/c1-20(19-34-16-8-14-29(4,5)33)27-12-13-28-23(9-7-15-30(27,28)6)10-11-24-17-25(32)18-26(21(24)2)22(3)31/h10-11,20,22,25-28,31-33H,2,7-9,12-19H2,1,3-6H3/b23-10+,24-11-/t20-,22+,25-,26+,27+,28-,30+/m0/s1. The lowest BCUT2D eigenvalue weighted by atomic mass is 9.61. The van der Waals surface area contributed by atoms with Crippen LogP contribution in [0.5, 0.6) is 0 Å². The molecule has 4 nitrogen and oxygen atoms in total. The van der Waals surface area contributed by atoms with Crippen LogP contribution in [0.3, 0.4) is 0 Å². The molecule has 0 aromatic heterocycles. The molecule has 3 aliphatic rings. The predicted octanol–water partition coefficient (Wildman–Crippen LogP) is 5.97. The molecular weight excluding hydrogens is 424 g/mol. The zero-order valence-electron chi connectivity index (χ0n) is 22.4. The fraction of sp³-hybridized carbons (Fsp3) is 0.800. The molecule has 0 radical (unpaired) electrons. The van der Waals surface area contributed by atoms with Crippen molar-refractivity contribution < 1.29 is 20.1 Å². The van der Waals surface area contributed by atoms with Gasteiger partial charge in [0, 0.05) is 19.1 Å². The molecule has 3 N–H and O–H groups in total. The molecule has 0 aromatic carbocycles. The van der Waals surface area contributed by atoms with Crippen LogP contribution >= 0.6 is 0 Å². The van der Waals surface area contributed by atoms with Gasteiger partial charge in [0.25, 0.3) is 0 Å². The molecule has 0 aliphatic heterocycles. The Bertz CT molecular complexity index is 758. The van der Waals surface area contributed by atoms with Crippen molar-refractivity contribution in [1.29, 1.82) is 0 Å². The normalized spacial score (nSPS) is 36.6. The highest BCUT2D eigenvalue weighted by molar-refractivity contribution is 5.38. The van der Waals surface area contributed by atoms with Crippen molar-refractivity contribution in [3.05, 3.63) is 35.5 Å². The second-order valence-electron chi connectivity index (χ2n) is 12.5. The van der Waals surface area contributed by atoms with Crippen LogP contribution in [0.15, 0.2) is 35.5 Å². The average Bonchev–Trinajstić information content (AvgIpc) is 3.10.